The first-order valence-electron chi connectivity index (χ1n) is 14.1. The van der Waals surface area contributed by atoms with E-state index in [1.165, 1.54) is 6.20 Å². The zero-order chi connectivity index (χ0) is 30.8. The van der Waals surface area contributed by atoms with Crippen LogP contribution in [0.3, 0.4) is 0 Å². The van der Waals surface area contributed by atoms with E-state index in [2.05, 4.69) is 30.7 Å². The summed E-state index contributed by atoms with van der Waals surface area (Å²) in [4.78, 5) is 38.5. The van der Waals surface area contributed by atoms with Gasteiger partial charge in [0, 0.05) is 49.5 Å². The Labute approximate surface area is 250 Å². The fraction of sp³-hybridized carbons (Fsp3) is 0.300. The van der Waals surface area contributed by atoms with Crippen molar-refractivity contribution in [2.75, 3.05) is 31.5 Å². The van der Waals surface area contributed by atoms with E-state index in [1.807, 2.05) is 49.1 Å². The number of carbonyl (C=O) groups excluding carboxylic acids is 2. The average molecular weight is 602 g/mol. The number of alkyl halides is 2. The van der Waals surface area contributed by atoms with Crippen LogP contribution >= 0.6 is 0 Å². The summed E-state index contributed by atoms with van der Waals surface area (Å²) in [5.74, 6) is -0.0222. The molecule has 5 aromatic rings. The summed E-state index contributed by atoms with van der Waals surface area (Å²) in [5.41, 5.74) is 3.39. The molecule has 226 valence electrons. The van der Waals surface area contributed by atoms with Crippen molar-refractivity contribution in [2.24, 2.45) is 5.92 Å². The molecule has 1 saturated heterocycles. The number of oxazole rings is 1. The number of rotatable bonds is 8. The molecule has 14 heteroatoms. The van der Waals surface area contributed by atoms with Gasteiger partial charge in [0.25, 0.3) is 5.91 Å². The molecule has 1 atom stereocenters. The van der Waals surface area contributed by atoms with Crippen LogP contribution in [0.4, 0.5) is 14.5 Å². The number of fused-ring (bicyclic) bond motifs is 1. The molecule has 0 bridgehead atoms. The quantitative estimate of drug-likeness (QED) is 0.274. The summed E-state index contributed by atoms with van der Waals surface area (Å²) in [6.07, 6.45) is 1.53. The van der Waals surface area contributed by atoms with Crippen LogP contribution in [0.1, 0.15) is 48.3 Å². The van der Waals surface area contributed by atoms with E-state index >= 15 is 0 Å². The standard InChI is InChI=1S/C30H29F2N9O3/c1-18(2)27(42)34-21-8-9-24-22(17-21)35-28(44-24)20-10-11-33-23(16-20)29(43)40-14-12-39(13-15-40)25(19-6-4-3-5-7-19)26-36-38-41(37-26)30(31)32/h3-11,16-18,25,30H,12-15H2,1-2H3,(H,34,42). The van der Waals surface area contributed by atoms with Crippen molar-refractivity contribution in [3.63, 3.8) is 0 Å². The number of hydrogen-bond acceptors (Lipinski definition) is 9. The Morgan fingerprint density at radius 1 is 0.977 bits per heavy atom. The van der Waals surface area contributed by atoms with E-state index in [1.54, 1.807) is 35.2 Å². The third-order valence-corrected chi connectivity index (χ3v) is 7.35. The SMILES string of the molecule is CC(C)C(=O)Nc1ccc2oc(-c3ccnc(C(=O)N4CCN(C(c5ccccc5)c5nnn(C(F)F)n5)CC4)c3)nc2c1. The number of pyridine rings is 1. The number of aromatic nitrogens is 6. The van der Waals surface area contributed by atoms with Crippen molar-refractivity contribution in [1.29, 1.82) is 0 Å². The Morgan fingerprint density at radius 2 is 1.75 bits per heavy atom. The maximum absolute atomic E-state index is 13.5. The Morgan fingerprint density at radius 3 is 2.45 bits per heavy atom. The van der Waals surface area contributed by atoms with Gasteiger partial charge in [-0.2, -0.15) is 8.78 Å². The van der Waals surface area contributed by atoms with Gasteiger partial charge >= 0.3 is 6.55 Å². The van der Waals surface area contributed by atoms with Crippen LogP contribution < -0.4 is 5.32 Å². The molecule has 1 unspecified atom stereocenters. The van der Waals surface area contributed by atoms with Crippen LogP contribution in [-0.2, 0) is 4.79 Å². The van der Waals surface area contributed by atoms with Crippen LogP contribution in [0, 0.1) is 5.92 Å². The number of amides is 2. The fourth-order valence-corrected chi connectivity index (χ4v) is 5.03. The second-order valence-corrected chi connectivity index (χ2v) is 10.7. The Balaban J connectivity index is 1.16. The first-order valence-corrected chi connectivity index (χ1v) is 14.1. The van der Waals surface area contributed by atoms with Crippen molar-refractivity contribution in [1.82, 2.24) is 40.0 Å². The molecule has 0 aliphatic carbocycles. The molecule has 1 aliphatic heterocycles. The van der Waals surface area contributed by atoms with Gasteiger partial charge in [-0.25, -0.2) is 4.98 Å². The van der Waals surface area contributed by atoms with Gasteiger partial charge in [-0.3, -0.25) is 19.5 Å². The zero-order valence-electron chi connectivity index (χ0n) is 24.0. The zero-order valence-corrected chi connectivity index (χ0v) is 24.0. The van der Waals surface area contributed by atoms with Crippen LogP contribution in [0.15, 0.2) is 71.3 Å². The van der Waals surface area contributed by atoms with Gasteiger partial charge in [-0.1, -0.05) is 49.0 Å². The maximum atomic E-state index is 13.5. The second-order valence-electron chi connectivity index (χ2n) is 10.7. The Hall–Kier alpha value is -5.11. The van der Waals surface area contributed by atoms with Gasteiger partial charge < -0.3 is 14.6 Å². The molecule has 2 amide bonds. The maximum Gasteiger partial charge on any atom is 0.350 e. The molecule has 0 radical (unpaired) electrons. The monoisotopic (exact) mass is 601 g/mol. The summed E-state index contributed by atoms with van der Waals surface area (Å²) in [5, 5.41) is 14.2. The molecule has 1 N–H and O–H groups in total. The highest BCUT2D eigenvalue weighted by Crippen LogP contribution is 2.29. The fourth-order valence-electron chi connectivity index (χ4n) is 5.03. The van der Waals surface area contributed by atoms with Gasteiger partial charge in [0.15, 0.2) is 11.4 Å². The molecular formula is C30H29F2N9O3. The minimum absolute atomic E-state index is 0.0991. The summed E-state index contributed by atoms with van der Waals surface area (Å²) >= 11 is 0. The van der Waals surface area contributed by atoms with Crippen molar-refractivity contribution in [3.8, 4) is 11.5 Å². The number of carbonyl (C=O) groups is 2. The molecule has 3 aromatic heterocycles. The number of anilines is 1. The molecule has 0 spiro atoms. The summed E-state index contributed by atoms with van der Waals surface area (Å²) in [6, 6.07) is 17.4. The smallest absolute Gasteiger partial charge is 0.350 e. The van der Waals surface area contributed by atoms with Gasteiger partial charge in [0.2, 0.25) is 11.8 Å². The second kappa shape index (κ2) is 12.2. The lowest BCUT2D eigenvalue weighted by molar-refractivity contribution is -0.118. The number of piperazine rings is 1. The molecule has 44 heavy (non-hydrogen) atoms. The molecule has 6 rings (SSSR count). The van der Waals surface area contributed by atoms with Crippen LogP contribution in [-0.4, -0.2) is 78.0 Å². The van der Waals surface area contributed by atoms with Crippen molar-refractivity contribution >= 4 is 28.6 Å². The van der Waals surface area contributed by atoms with Crippen LogP contribution in [0.2, 0.25) is 0 Å². The molecule has 1 aliphatic rings. The highest BCUT2D eigenvalue weighted by molar-refractivity contribution is 5.95. The minimum atomic E-state index is -2.89. The van der Waals surface area contributed by atoms with E-state index in [0.717, 1.165) is 5.56 Å². The van der Waals surface area contributed by atoms with Gasteiger partial charge in [-0.15, -0.1) is 10.2 Å². The molecule has 1 fully saturated rings. The Kier molecular flexibility index (Phi) is 8.07. The Bertz CT molecular complexity index is 1780. The van der Waals surface area contributed by atoms with E-state index in [9.17, 15) is 18.4 Å². The minimum Gasteiger partial charge on any atom is -0.436 e. The molecule has 0 saturated carbocycles. The predicted octanol–water partition coefficient (Wildman–Crippen LogP) is 4.41. The number of tetrazole rings is 1. The van der Waals surface area contributed by atoms with E-state index in [-0.39, 0.29) is 29.3 Å². The van der Waals surface area contributed by atoms with Crippen molar-refractivity contribution in [2.45, 2.75) is 26.4 Å². The third kappa shape index (κ3) is 6.01. The predicted molar refractivity (Wildman–Crippen MR) is 156 cm³/mol. The lowest BCUT2D eigenvalue weighted by Gasteiger charge is -2.38. The normalized spacial score (nSPS) is 14.8. The van der Waals surface area contributed by atoms with Crippen LogP contribution in [0.5, 0.6) is 0 Å². The number of halogens is 2. The summed E-state index contributed by atoms with van der Waals surface area (Å²) in [7, 11) is 0. The molecular weight excluding hydrogens is 572 g/mol. The first-order chi connectivity index (χ1) is 21.3. The summed E-state index contributed by atoms with van der Waals surface area (Å²) in [6.45, 7) is 2.40. The van der Waals surface area contributed by atoms with E-state index in [4.69, 9.17) is 4.42 Å². The number of hydrogen-bond donors (Lipinski definition) is 1. The largest absolute Gasteiger partial charge is 0.436 e. The van der Waals surface area contributed by atoms with Crippen molar-refractivity contribution < 1.29 is 22.8 Å². The lowest BCUT2D eigenvalue weighted by atomic mass is 10.0. The third-order valence-electron chi connectivity index (χ3n) is 7.35. The highest BCUT2D eigenvalue weighted by Gasteiger charge is 2.32. The molecule has 12 nitrogen and oxygen atoms in total. The van der Waals surface area contributed by atoms with Gasteiger partial charge in [0.1, 0.15) is 11.2 Å². The van der Waals surface area contributed by atoms with E-state index in [0.29, 0.717) is 59.2 Å². The average Bonchev–Trinajstić information content (AvgIpc) is 3.70. The number of nitrogens with zero attached hydrogens (tertiary/aromatic N) is 8. The van der Waals surface area contributed by atoms with Gasteiger partial charge in [-0.05, 0) is 41.1 Å². The molecule has 4 heterocycles. The first kappa shape index (κ1) is 29.0. The number of benzene rings is 2. The van der Waals surface area contributed by atoms with Crippen LogP contribution in [0.25, 0.3) is 22.6 Å². The van der Waals surface area contributed by atoms with Gasteiger partial charge in [0.05, 0.1) is 6.04 Å². The molecule has 2 aromatic carbocycles. The summed E-state index contributed by atoms with van der Waals surface area (Å²) < 4.78 is 32.3. The topological polar surface area (TPSA) is 135 Å². The van der Waals surface area contributed by atoms with Crippen molar-refractivity contribution in [3.05, 3.63) is 83.9 Å². The lowest BCUT2D eigenvalue weighted by Crippen LogP contribution is -2.50. The number of nitrogens with one attached hydrogen (secondary N) is 1. The van der Waals surface area contributed by atoms with E-state index < -0.39 is 12.6 Å². The highest BCUT2D eigenvalue weighted by atomic mass is 19.3.